The summed E-state index contributed by atoms with van der Waals surface area (Å²) < 4.78 is 17.4. The zero-order chi connectivity index (χ0) is 26.7. The smallest absolute Gasteiger partial charge is 0.302 e. The van der Waals surface area contributed by atoms with Crippen LogP contribution in [-0.4, -0.2) is 36.5 Å². The molecule has 0 amide bonds. The number of esters is 2. The van der Waals surface area contributed by atoms with E-state index < -0.39 is 0 Å². The molecule has 1 heterocycles. The first kappa shape index (κ1) is 26.7. The van der Waals surface area contributed by atoms with E-state index in [9.17, 15) is 14.4 Å². The SMILES string of the molecule is CC(=O)OC[C@H](C)CCC1=C(C)[C@@H]2[C@H](C[C@@H]3[C@@H]4CC[C@H]5C[C@@H](OC(C)=O)CC[C@]5(C)[C@H]4CC(=O)[C@@]32C)O1. The summed E-state index contributed by atoms with van der Waals surface area (Å²) in [5.74, 6) is 3.49. The number of allylic oxidation sites excluding steroid dienone is 1. The van der Waals surface area contributed by atoms with Crippen molar-refractivity contribution in [3.05, 3.63) is 11.3 Å². The highest BCUT2D eigenvalue weighted by Gasteiger charge is 2.67. The summed E-state index contributed by atoms with van der Waals surface area (Å²) in [6, 6.07) is 0. The third-order valence-corrected chi connectivity index (χ3v) is 11.5. The van der Waals surface area contributed by atoms with Crippen LogP contribution in [0.3, 0.4) is 0 Å². The maximum absolute atomic E-state index is 14.1. The Morgan fingerprint density at radius 2 is 1.84 bits per heavy atom. The number of hydrogen-bond acceptors (Lipinski definition) is 6. The summed E-state index contributed by atoms with van der Waals surface area (Å²) in [5, 5.41) is 0. The van der Waals surface area contributed by atoms with Gasteiger partial charge in [0.15, 0.2) is 0 Å². The summed E-state index contributed by atoms with van der Waals surface area (Å²) in [6.07, 6.45) is 8.83. The van der Waals surface area contributed by atoms with Crippen LogP contribution in [-0.2, 0) is 28.6 Å². The van der Waals surface area contributed by atoms with Crippen molar-refractivity contribution in [3.8, 4) is 0 Å². The van der Waals surface area contributed by atoms with E-state index >= 15 is 0 Å². The summed E-state index contributed by atoms with van der Waals surface area (Å²) in [4.78, 5) is 36.8. The van der Waals surface area contributed by atoms with Crippen LogP contribution in [0.25, 0.3) is 0 Å². The Kier molecular flexibility index (Phi) is 7.02. The molecule has 0 spiro atoms. The highest BCUT2D eigenvalue weighted by Crippen LogP contribution is 2.68. The second kappa shape index (κ2) is 9.72. The molecule has 0 unspecified atom stereocenters. The predicted molar refractivity (Wildman–Crippen MR) is 139 cm³/mol. The fraction of sp³-hybridized carbons (Fsp3) is 0.839. The lowest BCUT2D eigenvalue weighted by molar-refractivity contribution is -0.165. The maximum atomic E-state index is 14.1. The van der Waals surface area contributed by atoms with E-state index in [1.807, 2.05) is 0 Å². The van der Waals surface area contributed by atoms with E-state index in [0.717, 1.165) is 44.3 Å². The Bertz CT molecular complexity index is 984. The van der Waals surface area contributed by atoms with Crippen LogP contribution >= 0.6 is 0 Å². The zero-order valence-electron chi connectivity index (χ0n) is 23.6. The van der Waals surface area contributed by atoms with Gasteiger partial charge in [0.05, 0.1) is 12.4 Å². The van der Waals surface area contributed by atoms with Crippen molar-refractivity contribution in [3.63, 3.8) is 0 Å². The van der Waals surface area contributed by atoms with Crippen LogP contribution in [0.5, 0.6) is 0 Å². The van der Waals surface area contributed by atoms with Crippen molar-refractivity contribution < 1.29 is 28.6 Å². The summed E-state index contributed by atoms with van der Waals surface area (Å²) >= 11 is 0. The Balaban J connectivity index is 1.30. The molecule has 0 bridgehead atoms. The molecule has 4 aliphatic carbocycles. The van der Waals surface area contributed by atoms with Crippen LogP contribution in [0.4, 0.5) is 0 Å². The minimum atomic E-state index is -0.334. The third-order valence-electron chi connectivity index (χ3n) is 11.5. The molecule has 5 aliphatic rings. The molecule has 0 aromatic heterocycles. The molecule has 6 nitrogen and oxygen atoms in total. The lowest BCUT2D eigenvalue weighted by atomic mass is 9.44. The molecule has 0 aromatic rings. The standard InChI is InChI=1S/C31H46O6/c1-17(16-35-19(3)32)7-10-26-18(2)29-27(37-26)14-25-23-9-8-21-13-22(36-20(4)33)11-12-30(21,5)24(23)15-28(34)31(25,29)6/h17,21-25,27,29H,7-16H2,1-6H3/t17-,21+,22+,23-,24+,25-,27+,29-,30+,31-/m1/s1. The van der Waals surface area contributed by atoms with Gasteiger partial charge in [-0.3, -0.25) is 14.4 Å². The molecule has 0 N–H and O–H groups in total. The van der Waals surface area contributed by atoms with E-state index in [-0.39, 0.29) is 46.8 Å². The van der Waals surface area contributed by atoms with Gasteiger partial charge in [-0.2, -0.15) is 0 Å². The van der Waals surface area contributed by atoms with Gasteiger partial charge in [0, 0.05) is 38.0 Å². The van der Waals surface area contributed by atoms with E-state index in [0.29, 0.717) is 42.5 Å². The van der Waals surface area contributed by atoms with Gasteiger partial charge in [-0.1, -0.05) is 20.8 Å². The van der Waals surface area contributed by atoms with Crippen molar-refractivity contribution >= 4 is 17.7 Å². The third kappa shape index (κ3) is 4.44. The summed E-state index contributed by atoms with van der Waals surface area (Å²) in [5.41, 5.74) is 1.10. The molecule has 1 aliphatic heterocycles. The molecular formula is C31H46O6. The predicted octanol–water partition coefficient (Wildman–Crippen LogP) is 6.02. The molecule has 0 aromatic carbocycles. The van der Waals surface area contributed by atoms with Crippen LogP contribution in [0.1, 0.15) is 99.3 Å². The largest absolute Gasteiger partial charge is 0.494 e. The minimum Gasteiger partial charge on any atom is -0.494 e. The van der Waals surface area contributed by atoms with E-state index in [1.54, 1.807) is 0 Å². The fourth-order valence-electron chi connectivity index (χ4n) is 9.55. The first-order chi connectivity index (χ1) is 17.4. The highest BCUT2D eigenvalue weighted by atomic mass is 16.5. The van der Waals surface area contributed by atoms with Gasteiger partial charge in [-0.25, -0.2) is 0 Å². The Labute approximate surface area is 222 Å². The average molecular weight is 515 g/mol. The van der Waals surface area contributed by atoms with Crippen LogP contribution in [0.2, 0.25) is 0 Å². The first-order valence-corrected chi connectivity index (χ1v) is 14.6. The second-order valence-corrected chi connectivity index (χ2v) is 13.5. The van der Waals surface area contributed by atoms with Gasteiger partial charge in [-0.15, -0.1) is 0 Å². The van der Waals surface area contributed by atoms with Gasteiger partial charge in [-0.05, 0) is 92.4 Å². The quantitative estimate of drug-likeness (QED) is 0.404. The number of ether oxygens (including phenoxy) is 3. The number of hydrogen-bond donors (Lipinski definition) is 0. The monoisotopic (exact) mass is 514 g/mol. The normalized spacial score (nSPS) is 43.2. The molecule has 206 valence electrons. The van der Waals surface area contributed by atoms with Crippen LogP contribution in [0.15, 0.2) is 11.3 Å². The Morgan fingerprint density at radius 1 is 1.08 bits per heavy atom. The van der Waals surface area contributed by atoms with Crippen molar-refractivity contribution in [1.82, 2.24) is 0 Å². The highest BCUT2D eigenvalue weighted by molar-refractivity contribution is 5.87. The van der Waals surface area contributed by atoms with Crippen molar-refractivity contribution in [2.75, 3.05) is 6.61 Å². The lowest BCUT2D eigenvalue weighted by Gasteiger charge is -2.60. The first-order valence-electron chi connectivity index (χ1n) is 14.6. The molecule has 0 radical (unpaired) electrons. The number of rotatable bonds is 6. The molecule has 0 saturated heterocycles. The van der Waals surface area contributed by atoms with Gasteiger partial charge in [0.1, 0.15) is 18.0 Å². The second-order valence-electron chi connectivity index (χ2n) is 13.5. The molecule has 37 heavy (non-hydrogen) atoms. The molecule has 6 heteroatoms. The number of carbonyl (C=O) groups excluding carboxylic acids is 3. The summed E-state index contributed by atoms with van der Waals surface area (Å²) in [6.45, 7) is 12.4. The summed E-state index contributed by atoms with van der Waals surface area (Å²) in [7, 11) is 0. The van der Waals surface area contributed by atoms with Crippen LogP contribution in [0, 0.1) is 46.3 Å². The van der Waals surface area contributed by atoms with Crippen molar-refractivity contribution in [2.45, 2.75) is 112 Å². The van der Waals surface area contributed by atoms with Gasteiger partial charge in [0.25, 0.3) is 0 Å². The van der Waals surface area contributed by atoms with E-state index in [2.05, 4.69) is 27.7 Å². The average Bonchev–Trinajstić information content (AvgIpc) is 3.31. The molecule has 4 fully saturated rings. The zero-order valence-corrected chi connectivity index (χ0v) is 23.6. The number of fused-ring (bicyclic) bond motifs is 7. The Morgan fingerprint density at radius 3 is 2.54 bits per heavy atom. The lowest BCUT2D eigenvalue weighted by Crippen LogP contribution is -2.57. The van der Waals surface area contributed by atoms with Gasteiger partial charge in [0.2, 0.25) is 0 Å². The molecule has 5 rings (SSSR count). The minimum absolute atomic E-state index is 0.0406. The maximum Gasteiger partial charge on any atom is 0.302 e. The van der Waals surface area contributed by atoms with Crippen molar-refractivity contribution in [1.29, 1.82) is 0 Å². The Hall–Kier alpha value is -1.85. The van der Waals surface area contributed by atoms with Crippen LogP contribution < -0.4 is 0 Å². The topological polar surface area (TPSA) is 78.9 Å². The van der Waals surface area contributed by atoms with E-state index in [4.69, 9.17) is 14.2 Å². The number of Topliss-reactive ketones (excluding diaryl/α,β-unsaturated/α-hetero) is 1. The van der Waals surface area contributed by atoms with Gasteiger partial charge < -0.3 is 14.2 Å². The number of carbonyl (C=O) groups is 3. The van der Waals surface area contributed by atoms with Crippen molar-refractivity contribution in [2.24, 2.45) is 46.3 Å². The fourth-order valence-corrected chi connectivity index (χ4v) is 9.55. The molecule has 10 atom stereocenters. The molecular weight excluding hydrogens is 468 g/mol. The van der Waals surface area contributed by atoms with E-state index in [1.165, 1.54) is 32.3 Å². The van der Waals surface area contributed by atoms with Gasteiger partial charge >= 0.3 is 11.9 Å². The molecule has 4 saturated carbocycles. The number of ketones is 1.